The molecule has 2 aromatic rings. The Morgan fingerprint density at radius 2 is 2.05 bits per heavy atom. The lowest BCUT2D eigenvalue weighted by atomic mass is 9.92. The van der Waals surface area contributed by atoms with Crippen LogP contribution in [0.2, 0.25) is 0 Å². The van der Waals surface area contributed by atoms with Gasteiger partial charge in [0.1, 0.15) is 11.3 Å². The first-order chi connectivity index (χ1) is 9.28. The van der Waals surface area contributed by atoms with Gasteiger partial charge in [-0.25, -0.2) is 4.98 Å². The number of fused-ring (bicyclic) bond motifs is 1. The lowest BCUT2D eigenvalue weighted by Crippen LogP contribution is -2.27. The van der Waals surface area contributed by atoms with Gasteiger partial charge in [0.05, 0.1) is 5.69 Å². The van der Waals surface area contributed by atoms with Gasteiger partial charge in [-0.2, -0.15) is 0 Å². The van der Waals surface area contributed by atoms with Crippen LogP contribution in [0.1, 0.15) is 32.9 Å². The largest absolute Gasteiger partial charge is 0.320 e. The molecule has 0 aliphatic carbocycles. The van der Waals surface area contributed by atoms with Crippen molar-refractivity contribution < 1.29 is 4.79 Å². The van der Waals surface area contributed by atoms with Crippen LogP contribution in [-0.4, -0.2) is 15.3 Å². The molecule has 5 nitrogen and oxygen atoms in total. The third kappa shape index (κ3) is 3.04. The van der Waals surface area contributed by atoms with Crippen LogP contribution < -0.4 is 10.9 Å². The number of amides is 1. The van der Waals surface area contributed by atoms with Crippen molar-refractivity contribution >= 4 is 17.2 Å². The fraction of sp³-hybridized carbons (Fsp3) is 0.400. The molecule has 1 amide bonds. The van der Waals surface area contributed by atoms with Crippen molar-refractivity contribution in [1.29, 1.82) is 0 Å². The molecule has 0 bridgehead atoms. The zero-order valence-electron chi connectivity index (χ0n) is 12.2. The van der Waals surface area contributed by atoms with Crippen LogP contribution in [0.5, 0.6) is 0 Å². The fourth-order valence-electron chi connectivity index (χ4n) is 2.01. The SMILES string of the molecule is Cc1nc2ccccn2c(=O)c1NC(=O)CC(C)(C)C. The number of rotatable bonds is 2. The van der Waals surface area contributed by atoms with Gasteiger partial charge in [-0.3, -0.25) is 14.0 Å². The molecule has 0 atom stereocenters. The van der Waals surface area contributed by atoms with Crippen molar-refractivity contribution in [2.75, 3.05) is 5.32 Å². The minimum atomic E-state index is -0.254. The summed E-state index contributed by atoms with van der Waals surface area (Å²) in [6, 6.07) is 5.33. The summed E-state index contributed by atoms with van der Waals surface area (Å²) < 4.78 is 1.43. The maximum atomic E-state index is 12.4. The van der Waals surface area contributed by atoms with E-state index < -0.39 is 0 Å². The summed E-state index contributed by atoms with van der Waals surface area (Å²) in [4.78, 5) is 28.7. The van der Waals surface area contributed by atoms with E-state index in [0.29, 0.717) is 17.8 Å². The van der Waals surface area contributed by atoms with Gasteiger partial charge >= 0.3 is 0 Å². The number of hydrogen-bond acceptors (Lipinski definition) is 3. The molecule has 0 radical (unpaired) electrons. The monoisotopic (exact) mass is 273 g/mol. The molecule has 0 spiro atoms. The quantitative estimate of drug-likeness (QED) is 0.913. The first-order valence-corrected chi connectivity index (χ1v) is 6.56. The van der Waals surface area contributed by atoms with E-state index in [1.54, 1.807) is 25.3 Å². The number of anilines is 1. The zero-order chi connectivity index (χ0) is 14.9. The van der Waals surface area contributed by atoms with Crippen LogP contribution in [0.3, 0.4) is 0 Å². The van der Waals surface area contributed by atoms with E-state index >= 15 is 0 Å². The number of aryl methyl sites for hydroxylation is 1. The lowest BCUT2D eigenvalue weighted by Gasteiger charge is -2.17. The highest BCUT2D eigenvalue weighted by atomic mass is 16.2. The van der Waals surface area contributed by atoms with Crippen molar-refractivity contribution in [1.82, 2.24) is 9.38 Å². The van der Waals surface area contributed by atoms with E-state index in [4.69, 9.17) is 0 Å². The molecule has 5 heteroatoms. The van der Waals surface area contributed by atoms with Crippen LogP contribution >= 0.6 is 0 Å². The molecule has 0 saturated heterocycles. The van der Waals surface area contributed by atoms with Crippen LogP contribution in [0.25, 0.3) is 5.65 Å². The number of nitrogens with zero attached hydrogens (tertiary/aromatic N) is 2. The number of aromatic nitrogens is 2. The molecule has 0 aromatic carbocycles. The van der Waals surface area contributed by atoms with Gasteiger partial charge < -0.3 is 5.32 Å². The van der Waals surface area contributed by atoms with Crippen molar-refractivity contribution in [3.05, 3.63) is 40.4 Å². The molecule has 1 N–H and O–H groups in total. The van der Waals surface area contributed by atoms with Gasteiger partial charge in [-0.1, -0.05) is 26.8 Å². The highest BCUT2D eigenvalue weighted by Gasteiger charge is 2.18. The normalized spacial score (nSPS) is 11.6. The predicted molar refractivity (Wildman–Crippen MR) is 78.9 cm³/mol. The van der Waals surface area contributed by atoms with Gasteiger partial charge in [0.25, 0.3) is 5.56 Å². The molecule has 2 rings (SSSR count). The molecule has 20 heavy (non-hydrogen) atoms. The van der Waals surface area contributed by atoms with Crippen molar-refractivity contribution in [2.24, 2.45) is 5.41 Å². The van der Waals surface area contributed by atoms with Crippen molar-refractivity contribution in [3.8, 4) is 0 Å². The molecule has 2 aromatic heterocycles. The average molecular weight is 273 g/mol. The number of pyridine rings is 1. The molecule has 0 saturated carbocycles. The topological polar surface area (TPSA) is 63.5 Å². The smallest absolute Gasteiger partial charge is 0.281 e. The molecule has 0 aliphatic rings. The van der Waals surface area contributed by atoms with Gasteiger partial charge in [-0.05, 0) is 24.5 Å². The number of carbonyl (C=O) groups excluding carboxylic acids is 1. The van der Waals surface area contributed by atoms with E-state index in [-0.39, 0.29) is 22.6 Å². The van der Waals surface area contributed by atoms with Crippen LogP contribution in [0.15, 0.2) is 29.2 Å². The lowest BCUT2D eigenvalue weighted by molar-refractivity contribution is -0.117. The molecular formula is C15H19N3O2. The second-order valence-electron chi connectivity index (χ2n) is 6.09. The molecule has 2 heterocycles. The highest BCUT2D eigenvalue weighted by molar-refractivity contribution is 5.91. The first-order valence-electron chi connectivity index (χ1n) is 6.56. The number of carbonyl (C=O) groups is 1. The van der Waals surface area contributed by atoms with Gasteiger partial charge in [0, 0.05) is 12.6 Å². The Labute approximate surface area is 117 Å². The fourth-order valence-corrected chi connectivity index (χ4v) is 2.01. The van der Waals surface area contributed by atoms with Gasteiger partial charge in [0.15, 0.2) is 0 Å². The Kier molecular flexibility index (Phi) is 3.61. The maximum absolute atomic E-state index is 12.4. The van der Waals surface area contributed by atoms with E-state index in [0.717, 1.165) is 0 Å². The minimum absolute atomic E-state index is 0.127. The summed E-state index contributed by atoms with van der Waals surface area (Å²) >= 11 is 0. The summed E-state index contributed by atoms with van der Waals surface area (Å²) in [7, 11) is 0. The molecule has 0 fully saturated rings. The summed E-state index contributed by atoms with van der Waals surface area (Å²) in [5.74, 6) is -0.171. The second kappa shape index (κ2) is 5.07. The number of hydrogen-bond donors (Lipinski definition) is 1. The molecule has 106 valence electrons. The minimum Gasteiger partial charge on any atom is -0.320 e. The Morgan fingerprint density at radius 1 is 1.35 bits per heavy atom. The third-order valence-electron chi connectivity index (χ3n) is 2.87. The van der Waals surface area contributed by atoms with Crippen LogP contribution in [0.4, 0.5) is 5.69 Å². The van der Waals surface area contributed by atoms with Crippen molar-refractivity contribution in [2.45, 2.75) is 34.1 Å². The van der Waals surface area contributed by atoms with E-state index in [1.165, 1.54) is 4.40 Å². The Balaban J connectivity index is 2.40. The summed E-state index contributed by atoms with van der Waals surface area (Å²) in [5, 5.41) is 2.69. The third-order valence-corrected chi connectivity index (χ3v) is 2.87. The number of nitrogens with one attached hydrogen (secondary N) is 1. The predicted octanol–water partition coefficient (Wildman–Crippen LogP) is 2.38. The van der Waals surface area contributed by atoms with E-state index in [2.05, 4.69) is 10.3 Å². The molecule has 0 aliphatic heterocycles. The Hall–Kier alpha value is -2.17. The summed E-state index contributed by atoms with van der Waals surface area (Å²) in [5.41, 5.74) is 0.976. The maximum Gasteiger partial charge on any atom is 0.281 e. The first kappa shape index (κ1) is 14.2. The van der Waals surface area contributed by atoms with Gasteiger partial charge in [0.2, 0.25) is 5.91 Å². The van der Waals surface area contributed by atoms with Crippen LogP contribution in [0, 0.1) is 12.3 Å². The summed E-state index contributed by atoms with van der Waals surface area (Å²) in [6.45, 7) is 7.65. The Bertz CT molecular complexity index is 711. The zero-order valence-corrected chi connectivity index (χ0v) is 12.2. The average Bonchev–Trinajstić information content (AvgIpc) is 2.32. The second-order valence-corrected chi connectivity index (χ2v) is 6.09. The molecule has 0 unspecified atom stereocenters. The Morgan fingerprint density at radius 3 is 2.70 bits per heavy atom. The molecular weight excluding hydrogens is 254 g/mol. The van der Waals surface area contributed by atoms with Crippen molar-refractivity contribution in [3.63, 3.8) is 0 Å². The standard InChI is InChI=1S/C15H19N3O2/c1-10-13(17-12(19)9-15(2,3)4)14(20)18-8-6-5-7-11(18)16-10/h5-8H,9H2,1-4H3,(H,17,19). The van der Waals surface area contributed by atoms with Gasteiger partial charge in [-0.15, -0.1) is 0 Å². The highest BCUT2D eigenvalue weighted by Crippen LogP contribution is 2.19. The van der Waals surface area contributed by atoms with Crippen LogP contribution in [-0.2, 0) is 4.79 Å². The van der Waals surface area contributed by atoms with E-state index in [1.807, 2.05) is 26.8 Å². The van der Waals surface area contributed by atoms with E-state index in [9.17, 15) is 9.59 Å². The summed E-state index contributed by atoms with van der Waals surface area (Å²) in [6.07, 6.45) is 1.99.